The van der Waals surface area contributed by atoms with Crippen molar-refractivity contribution in [2.24, 2.45) is 0 Å². The summed E-state index contributed by atoms with van der Waals surface area (Å²) in [6, 6.07) is 4.94. The molecule has 2 rings (SSSR count). The number of nitrogens with zero attached hydrogens (tertiary/aromatic N) is 1. The molecule has 0 atom stereocenters. The largest absolute Gasteiger partial charge is 0.360 e. The fraction of sp³-hybridized carbons (Fsp3) is 0.0909. The number of nitrogens with one attached hydrogen (secondary N) is 1. The van der Waals surface area contributed by atoms with E-state index >= 15 is 0 Å². The second kappa shape index (κ2) is 4.39. The van der Waals surface area contributed by atoms with Crippen LogP contribution in [0.2, 0.25) is 10.0 Å². The first kappa shape index (κ1) is 12.0. The minimum atomic E-state index is -0.880. The van der Waals surface area contributed by atoms with Gasteiger partial charge in [-0.25, -0.2) is 0 Å². The highest BCUT2D eigenvalue weighted by molar-refractivity contribution is 6.39. The molecule has 0 aliphatic carbocycles. The van der Waals surface area contributed by atoms with E-state index in [0.29, 0.717) is 15.6 Å². The summed E-state index contributed by atoms with van der Waals surface area (Å²) in [5.41, 5.74) is 7.88. The lowest BCUT2D eigenvalue weighted by Gasteiger charge is -2.03. The summed E-state index contributed by atoms with van der Waals surface area (Å²) in [5.74, 6) is -0.606. The van der Waals surface area contributed by atoms with E-state index in [-0.39, 0.29) is 17.0 Å². The molecular formula is C11H7Cl2N2O2. The quantitative estimate of drug-likeness (QED) is 0.840. The van der Waals surface area contributed by atoms with Gasteiger partial charge in [0.1, 0.15) is 17.0 Å². The Labute approximate surface area is 107 Å². The highest BCUT2D eigenvalue weighted by Crippen LogP contribution is 2.36. The maximum absolute atomic E-state index is 11.2. The van der Waals surface area contributed by atoms with Gasteiger partial charge >= 0.3 is 0 Å². The molecule has 0 spiro atoms. The molecule has 17 heavy (non-hydrogen) atoms. The fourth-order valence-electron chi connectivity index (χ4n) is 1.53. The number of hydrogen-bond donors (Lipinski definition) is 0. The van der Waals surface area contributed by atoms with Crippen LogP contribution in [0, 0.1) is 6.92 Å². The van der Waals surface area contributed by atoms with Gasteiger partial charge < -0.3 is 4.52 Å². The van der Waals surface area contributed by atoms with E-state index in [1.54, 1.807) is 25.1 Å². The summed E-state index contributed by atoms with van der Waals surface area (Å²) >= 11 is 12.0. The molecule has 6 heteroatoms. The number of benzene rings is 1. The SMILES string of the molecule is Cc1onc(-c2c(Cl)cccc2Cl)c1C([NH])=O. The zero-order valence-electron chi connectivity index (χ0n) is 8.75. The molecule has 1 aromatic carbocycles. The first-order valence-electron chi connectivity index (χ1n) is 4.69. The maximum Gasteiger partial charge on any atom is 0.275 e. The Balaban J connectivity index is 2.73. The molecule has 1 radical (unpaired) electrons. The third kappa shape index (κ3) is 2.01. The van der Waals surface area contributed by atoms with Gasteiger partial charge in [0.15, 0.2) is 0 Å². The van der Waals surface area contributed by atoms with Crippen LogP contribution >= 0.6 is 23.2 Å². The number of rotatable bonds is 2. The van der Waals surface area contributed by atoms with E-state index in [1.165, 1.54) is 0 Å². The average molecular weight is 270 g/mol. The topological polar surface area (TPSA) is 66.9 Å². The van der Waals surface area contributed by atoms with Crippen LogP contribution in [0.4, 0.5) is 0 Å². The number of carbonyl (C=O) groups is 1. The molecule has 87 valence electrons. The van der Waals surface area contributed by atoms with Crippen molar-refractivity contribution >= 4 is 29.1 Å². The van der Waals surface area contributed by atoms with E-state index in [1.807, 2.05) is 0 Å². The number of amides is 1. The van der Waals surface area contributed by atoms with Crippen molar-refractivity contribution in [3.63, 3.8) is 0 Å². The molecule has 0 saturated carbocycles. The number of hydrogen-bond acceptors (Lipinski definition) is 3. The second-order valence-corrected chi connectivity index (χ2v) is 4.20. The smallest absolute Gasteiger partial charge is 0.275 e. The molecular weight excluding hydrogens is 263 g/mol. The van der Waals surface area contributed by atoms with E-state index < -0.39 is 5.91 Å². The lowest BCUT2D eigenvalue weighted by atomic mass is 10.1. The Bertz CT molecular complexity index is 573. The van der Waals surface area contributed by atoms with Gasteiger partial charge in [0, 0.05) is 5.56 Å². The fourth-order valence-corrected chi connectivity index (χ4v) is 2.11. The van der Waals surface area contributed by atoms with Gasteiger partial charge in [0.25, 0.3) is 5.91 Å². The Morgan fingerprint density at radius 2 is 1.94 bits per heavy atom. The van der Waals surface area contributed by atoms with Crippen molar-refractivity contribution in [3.05, 3.63) is 39.6 Å². The summed E-state index contributed by atoms with van der Waals surface area (Å²) in [7, 11) is 0. The second-order valence-electron chi connectivity index (χ2n) is 3.39. The van der Waals surface area contributed by atoms with Crippen LogP contribution in [-0.2, 0) is 0 Å². The number of halogens is 2. The van der Waals surface area contributed by atoms with Crippen LogP contribution in [0.5, 0.6) is 0 Å². The molecule has 0 unspecified atom stereocenters. The minimum absolute atomic E-state index is 0.0833. The Kier molecular flexibility index (Phi) is 3.09. The lowest BCUT2D eigenvalue weighted by Crippen LogP contribution is -2.02. The monoisotopic (exact) mass is 269 g/mol. The molecule has 2 aromatic rings. The van der Waals surface area contributed by atoms with E-state index in [4.69, 9.17) is 33.5 Å². The molecule has 0 aliphatic heterocycles. The van der Waals surface area contributed by atoms with Crippen molar-refractivity contribution in [2.45, 2.75) is 6.92 Å². The zero-order valence-corrected chi connectivity index (χ0v) is 10.3. The summed E-state index contributed by atoms with van der Waals surface area (Å²) in [5, 5.41) is 4.45. The average Bonchev–Trinajstić information content (AvgIpc) is 2.60. The highest BCUT2D eigenvalue weighted by Gasteiger charge is 2.23. The van der Waals surface area contributed by atoms with E-state index in [0.717, 1.165) is 0 Å². The van der Waals surface area contributed by atoms with Crippen LogP contribution in [-0.4, -0.2) is 11.1 Å². The third-order valence-electron chi connectivity index (χ3n) is 2.29. The van der Waals surface area contributed by atoms with Crippen molar-refractivity contribution in [3.8, 4) is 11.3 Å². The minimum Gasteiger partial charge on any atom is -0.360 e. The molecule has 0 bridgehead atoms. The standard InChI is InChI=1S/C11H7Cl2N2O2/c1-5-8(11(14)16)10(15-17-5)9-6(12)3-2-4-7(9)13/h2-4,14H,1H3. The summed E-state index contributed by atoms with van der Waals surface area (Å²) < 4.78 is 4.91. The zero-order chi connectivity index (χ0) is 12.6. The van der Waals surface area contributed by atoms with Crippen LogP contribution in [0.1, 0.15) is 16.1 Å². The highest BCUT2D eigenvalue weighted by atomic mass is 35.5. The van der Waals surface area contributed by atoms with Crippen LogP contribution in [0.3, 0.4) is 0 Å². The van der Waals surface area contributed by atoms with Gasteiger partial charge in [0.05, 0.1) is 10.0 Å². The van der Waals surface area contributed by atoms with Crippen LogP contribution in [0.25, 0.3) is 11.3 Å². The summed E-state index contributed by atoms with van der Waals surface area (Å²) in [4.78, 5) is 11.2. The Morgan fingerprint density at radius 1 is 1.35 bits per heavy atom. The maximum atomic E-state index is 11.2. The van der Waals surface area contributed by atoms with Crippen LogP contribution < -0.4 is 5.73 Å². The number of aromatic nitrogens is 1. The van der Waals surface area contributed by atoms with Gasteiger partial charge in [-0.3, -0.25) is 10.5 Å². The first-order chi connectivity index (χ1) is 8.02. The molecule has 1 aromatic heterocycles. The molecule has 0 fully saturated rings. The van der Waals surface area contributed by atoms with Gasteiger partial charge in [-0.2, -0.15) is 0 Å². The van der Waals surface area contributed by atoms with Gasteiger partial charge in [-0.05, 0) is 19.1 Å². The van der Waals surface area contributed by atoms with Crippen molar-refractivity contribution in [1.29, 1.82) is 0 Å². The van der Waals surface area contributed by atoms with Gasteiger partial charge in [-0.1, -0.05) is 34.4 Å². The number of aryl methyl sites for hydroxylation is 1. The predicted octanol–water partition coefficient (Wildman–Crippen LogP) is 3.38. The molecule has 0 saturated heterocycles. The van der Waals surface area contributed by atoms with Crippen molar-refractivity contribution in [1.82, 2.24) is 10.9 Å². The van der Waals surface area contributed by atoms with Crippen LogP contribution in [0.15, 0.2) is 22.7 Å². The van der Waals surface area contributed by atoms with E-state index in [2.05, 4.69) is 5.16 Å². The van der Waals surface area contributed by atoms with Crippen molar-refractivity contribution < 1.29 is 9.32 Å². The summed E-state index contributed by atoms with van der Waals surface area (Å²) in [6.07, 6.45) is 0. The Morgan fingerprint density at radius 3 is 2.47 bits per heavy atom. The molecule has 4 nitrogen and oxygen atoms in total. The van der Waals surface area contributed by atoms with Gasteiger partial charge in [-0.15, -0.1) is 0 Å². The summed E-state index contributed by atoms with van der Waals surface area (Å²) in [6.45, 7) is 1.56. The van der Waals surface area contributed by atoms with E-state index in [9.17, 15) is 4.79 Å². The molecule has 1 N–H and O–H groups in total. The predicted molar refractivity (Wildman–Crippen MR) is 64.1 cm³/mol. The Hall–Kier alpha value is -1.52. The van der Waals surface area contributed by atoms with Gasteiger partial charge in [0.2, 0.25) is 0 Å². The molecule has 0 aliphatic rings. The van der Waals surface area contributed by atoms with Crippen molar-refractivity contribution in [2.75, 3.05) is 0 Å². The molecule has 1 amide bonds. The number of carbonyl (C=O) groups excluding carboxylic acids is 1. The normalized spacial score (nSPS) is 10.5. The third-order valence-corrected chi connectivity index (χ3v) is 2.92. The first-order valence-corrected chi connectivity index (χ1v) is 5.44. The molecule has 1 heterocycles. The lowest BCUT2D eigenvalue weighted by molar-refractivity contribution is 0.0991.